The van der Waals surface area contributed by atoms with Crippen LogP contribution in [-0.4, -0.2) is 5.91 Å². The minimum atomic E-state index is -0.0465. The maximum Gasteiger partial charge on any atom is 0.251 e. The van der Waals surface area contributed by atoms with E-state index in [9.17, 15) is 4.79 Å². The summed E-state index contributed by atoms with van der Waals surface area (Å²) in [4.78, 5) is 12.6. The van der Waals surface area contributed by atoms with Crippen molar-refractivity contribution in [1.82, 2.24) is 5.32 Å². The molecule has 0 aliphatic carbocycles. The molecule has 0 aliphatic heterocycles. The van der Waals surface area contributed by atoms with E-state index in [2.05, 4.69) is 50.4 Å². The number of hydrogen-bond acceptors (Lipinski definition) is 1. The summed E-state index contributed by atoms with van der Waals surface area (Å²) in [6.45, 7) is 8.35. The van der Waals surface area contributed by atoms with Crippen LogP contribution in [0.2, 0.25) is 0 Å². The van der Waals surface area contributed by atoms with Crippen molar-refractivity contribution in [2.75, 3.05) is 0 Å². The molecule has 0 fully saturated rings. The van der Waals surface area contributed by atoms with Crippen molar-refractivity contribution in [3.8, 4) is 11.1 Å². The quantitative estimate of drug-likeness (QED) is 0.640. The first-order valence-corrected chi connectivity index (χ1v) is 9.00. The summed E-state index contributed by atoms with van der Waals surface area (Å²) in [6, 6.07) is 22.3. The third kappa shape index (κ3) is 3.85. The molecule has 0 aliphatic rings. The first-order valence-electron chi connectivity index (χ1n) is 9.00. The predicted octanol–water partition coefficient (Wildman–Crippen LogP) is 5.77. The number of hydrogen-bond donors (Lipinski definition) is 1. The average molecular weight is 343 g/mol. The van der Waals surface area contributed by atoms with Crippen molar-refractivity contribution in [2.24, 2.45) is 0 Å². The SMILES string of the molecule is Cc1cc(C)c([C@H](C)NC(=O)c2ccc(-c3ccccc3)cc2)cc1C. The van der Waals surface area contributed by atoms with Crippen LogP contribution in [0.1, 0.15) is 45.6 Å². The number of aryl methyl sites for hydroxylation is 3. The molecule has 3 aromatic rings. The predicted molar refractivity (Wildman–Crippen MR) is 108 cm³/mol. The van der Waals surface area contributed by atoms with Crippen molar-refractivity contribution in [1.29, 1.82) is 0 Å². The molecule has 1 N–H and O–H groups in total. The molecule has 0 bridgehead atoms. The van der Waals surface area contributed by atoms with Crippen LogP contribution in [0.15, 0.2) is 66.7 Å². The Morgan fingerprint density at radius 1 is 0.769 bits per heavy atom. The Balaban J connectivity index is 1.75. The molecule has 1 atom stereocenters. The first kappa shape index (κ1) is 17.9. The van der Waals surface area contributed by atoms with E-state index in [1.807, 2.05) is 49.4 Å². The van der Waals surface area contributed by atoms with Gasteiger partial charge in [0.1, 0.15) is 0 Å². The number of rotatable bonds is 4. The van der Waals surface area contributed by atoms with E-state index in [1.54, 1.807) is 0 Å². The fraction of sp³-hybridized carbons (Fsp3) is 0.208. The van der Waals surface area contributed by atoms with E-state index < -0.39 is 0 Å². The summed E-state index contributed by atoms with van der Waals surface area (Å²) >= 11 is 0. The highest BCUT2D eigenvalue weighted by atomic mass is 16.1. The van der Waals surface area contributed by atoms with E-state index >= 15 is 0 Å². The minimum Gasteiger partial charge on any atom is -0.346 e. The summed E-state index contributed by atoms with van der Waals surface area (Å²) in [7, 11) is 0. The average Bonchev–Trinajstić information content (AvgIpc) is 2.65. The molecule has 3 aromatic carbocycles. The van der Waals surface area contributed by atoms with E-state index in [0.717, 1.165) is 11.1 Å². The Morgan fingerprint density at radius 2 is 1.35 bits per heavy atom. The van der Waals surface area contributed by atoms with Crippen LogP contribution in [0.5, 0.6) is 0 Å². The zero-order valence-electron chi connectivity index (χ0n) is 15.8. The Labute approximate surface area is 155 Å². The molecule has 3 rings (SSSR count). The van der Waals surface area contributed by atoms with Crippen molar-refractivity contribution in [3.63, 3.8) is 0 Å². The highest BCUT2D eigenvalue weighted by Crippen LogP contribution is 2.23. The molecule has 0 unspecified atom stereocenters. The van der Waals surface area contributed by atoms with Gasteiger partial charge in [0.25, 0.3) is 5.91 Å². The fourth-order valence-electron chi connectivity index (χ4n) is 3.25. The lowest BCUT2D eigenvalue weighted by Crippen LogP contribution is -2.27. The first-order chi connectivity index (χ1) is 12.5. The summed E-state index contributed by atoms with van der Waals surface area (Å²) in [5.41, 5.74) is 7.85. The summed E-state index contributed by atoms with van der Waals surface area (Å²) in [6.07, 6.45) is 0. The summed E-state index contributed by atoms with van der Waals surface area (Å²) in [5, 5.41) is 3.12. The fourth-order valence-corrected chi connectivity index (χ4v) is 3.25. The standard InChI is InChI=1S/C24H25NO/c1-16-14-18(3)23(15-17(16)2)19(4)25-24(26)22-12-10-21(11-13-22)20-8-6-5-7-9-20/h5-15,19H,1-4H3,(H,25,26)/t19-/m0/s1. The molecular formula is C24H25NO. The lowest BCUT2D eigenvalue weighted by molar-refractivity contribution is 0.0940. The van der Waals surface area contributed by atoms with Crippen molar-refractivity contribution in [3.05, 3.63) is 94.5 Å². The number of nitrogens with one attached hydrogen (secondary N) is 1. The van der Waals surface area contributed by atoms with E-state index in [4.69, 9.17) is 0 Å². The van der Waals surface area contributed by atoms with Gasteiger partial charge in [0.15, 0.2) is 0 Å². The van der Waals surface area contributed by atoms with Gasteiger partial charge in [0, 0.05) is 5.56 Å². The zero-order chi connectivity index (χ0) is 18.7. The van der Waals surface area contributed by atoms with Gasteiger partial charge < -0.3 is 5.32 Å². The van der Waals surface area contributed by atoms with Crippen molar-refractivity contribution >= 4 is 5.91 Å². The van der Waals surface area contributed by atoms with Crippen LogP contribution in [0.25, 0.3) is 11.1 Å². The van der Waals surface area contributed by atoms with Crippen LogP contribution in [-0.2, 0) is 0 Å². The molecule has 0 saturated heterocycles. The summed E-state index contributed by atoms with van der Waals surface area (Å²) in [5.74, 6) is -0.0465. The molecular weight excluding hydrogens is 318 g/mol. The molecule has 0 saturated carbocycles. The normalized spacial score (nSPS) is 11.8. The molecule has 0 heterocycles. The largest absolute Gasteiger partial charge is 0.346 e. The van der Waals surface area contributed by atoms with Crippen LogP contribution in [0.4, 0.5) is 0 Å². The monoisotopic (exact) mass is 343 g/mol. The Hall–Kier alpha value is -2.87. The van der Waals surface area contributed by atoms with E-state index in [1.165, 1.54) is 22.3 Å². The molecule has 0 aromatic heterocycles. The van der Waals surface area contributed by atoms with E-state index in [0.29, 0.717) is 5.56 Å². The van der Waals surface area contributed by atoms with Crippen LogP contribution >= 0.6 is 0 Å². The number of amides is 1. The van der Waals surface area contributed by atoms with Crippen molar-refractivity contribution < 1.29 is 4.79 Å². The van der Waals surface area contributed by atoms with Crippen LogP contribution in [0, 0.1) is 20.8 Å². The lowest BCUT2D eigenvalue weighted by atomic mass is 9.96. The second-order valence-electron chi connectivity index (χ2n) is 6.93. The second kappa shape index (κ2) is 7.57. The van der Waals surface area contributed by atoms with Gasteiger partial charge in [-0.05, 0) is 73.2 Å². The third-order valence-electron chi connectivity index (χ3n) is 4.95. The Kier molecular flexibility index (Phi) is 5.22. The second-order valence-corrected chi connectivity index (χ2v) is 6.93. The van der Waals surface area contributed by atoms with Gasteiger partial charge in [-0.25, -0.2) is 0 Å². The van der Waals surface area contributed by atoms with Gasteiger partial charge in [-0.3, -0.25) is 4.79 Å². The minimum absolute atomic E-state index is 0.0319. The van der Waals surface area contributed by atoms with Gasteiger partial charge in [-0.1, -0.05) is 54.6 Å². The smallest absolute Gasteiger partial charge is 0.251 e. The molecule has 132 valence electrons. The summed E-state index contributed by atoms with van der Waals surface area (Å²) < 4.78 is 0. The van der Waals surface area contributed by atoms with Gasteiger partial charge in [-0.2, -0.15) is 0 Å². The van der Waals surface area contributed by atoms with Crippen LogP contribution in [0.3, 0.4) is 0 Å². The Morgan fingerprint density at radius 3 is 2.00 bits per heavy atom. The van der Waals surface area contributed by atoms with Gasteiger partial charge in [0.05, 0.1) is 6.04 Å². The van der Waals surface area contributed by atoms with Crippen LogP contribution < -0.4 is 5.32 Å². The number of benzene rings is 3. The highest BCUT2D eigenvalue weighted by molar-refractivity contribution is 5.95. The molecule has 0 radical (unpaired) electrons. The topological polar surface area (TPSA) is 29.1 Å². The highest BCUT2D eigenvalue weighted by Gasteiger charge is 2.14. The Bertz CT molecular complexity index is 911. The molecule has 2 nitrogen and oxygen atoms in total. The number of carbonyl (C=O) groups is 1. The zero-order valence-corrected chi connectivity index (χ0v) is 15.8. The lowest BCUT2D eigenvalue weighted by Gasteiger charge is -2.18. The maximum absolute atomic E-state index is 12.6. The third-order valence-corrected chi connectivity index (χ3v) is 4.95. The van der Waals surface area contributed by atoms with Gasteiger partial charge in [0.2, 0.25) is 0 Å². The van der Waals surface area contributed by atoms with E-state index in [-0.39, 0.29) is 11.9 Å². The van der Waals surface area contributed by atoms with Crippen molar-refractivity contribution in [2.45, 2.75) is 33.7 Å². The molecule has 0 spiro atoms. The number of carbonyl (C=O) groups excluding carboxylic acids is 1. The molecule has 26 heavy (non-hydrogen) atoms. The molecule has 1 amide bonds. The van der Waals surface area contributed by atoms with Gasteiger partial charge >= 0.3 is 0 Å². The molecule has 2 heteroatoms. The van der Waals surface area contributed by atoms with Gasteiger partial charge in [-0.15, -0.1) is 0 Å². The maximum atomic E-state index is 12.6.